The van der Waals surface area contributed by atoms with Crippen molar-refractivity contribution in [3.05, 3.63) is 36.1 Å². The van der Waals surface area contributed by atoms with Gasteiger partial charge in [0, 0.05) is 12.6 Å². The molecule has 9 nitrogen and oxygen atoms in total. The van der Waals surface area contributed by atoms with Gasteiger partial charge in [-0.2, -0.15) is 0 Å². The van der Waals surface area contributed by atoms with E-state index in [1.54, 1.807) is 18.4 Å². The summed E-state index contributed by atoms with van der Waals surface area (Å²) in [6.07, 6.45) is 9.52. The summed E-state index contributed by atoms with van der Waals surface area (Å²) in [5.74, 6) is 0.782. The molecule has 126 valence electrons. The maximum atomic E-state index is 11.6. The molecular weight excluding hydrogens is 308 g/mol. The van der Waals surface area contributed by atoms with Crippen LogP contribution in [0.3, 0.4) is 0 Å². The summed E-state index contributed by atoms with van der Waals surface area (Å²) in [5, 5.41) is 18.8. The Balaban J connectivity index is 1.90. The number of aliphatic imine (C=N–C) groups is 2. The van der Waals surface area contributed by atoms with E-state index in [1.807, 2.05) is 13.0 Å². The molecule has 1 aromatic rings. The Morgan fingerprint density at radius 3 is 2.83 bits per heavy atom. The van der Waals surface area contributed by atoms with Crippen molar-refractivity contribution in [2.45, 2.75) is 32.4 Å². The Kier molecular flexibility index (Phi) is 6.69. The molecule has 0 saturated carbocycles. The van der Waals surface area contributed by atoms with Crippen molar-refractivity contribution in [3.63, 3.8) is 0 Å². The van der Waals surface area contributed by atoms with Crippen LogP contribution in [0.15, 0.2) is 34.4 Å². The summed E-state index contributed by atoms with van der Waals surface area (Å²) < 4.78 is 0. The Hall–Kier alpha value is -2.97. The number of carbonyl (C=O) groups is 1. The molecule has 0 spiro atoms. The van der Waals surface area contributed by atoms with Crippen LogP contribution in [-0.4, -0.2) is 50.8 Å². The van der Waals surface area contributed by atoms with Gasteiger partial charge in [0.15, 0.2) is 5.82 Å². The number of carbonyl (C=O) groups excluding carboxylic acids is 1. The lowest BCUT2D eigenvalue weighted by atomic mass is 10.1. The molecular formula is C15H20N8O. The summed E-state index contributed by atoms with van der Waals surface area (Å²) in [6.45, 7) is 2.69. The first kappa shape index (κ1) is 17.4. The van der Waals surface area contributed by atoms with Crippen molar-refractivity contribution in [3.8, 4) is 0 Å². The van der Waals surface area contributed by atoms with E-state index in [-0.39, 0.29) is 18.5 Å². The second kappa shape index (κ2) is 9.23. The Morgan fingerprint density at radius 2 is 2.21 bits per heavy atom. The topological polar surface area (TPSA) is 131 Å². The van der Waals surface area contributed by atoms with Crippen molar-refractivity contribution in [1.82, 2.24) is 25.7 Å². The number of aromatic nitrogens is 4. The average molecular weight is 328 g/mol. The number of allylic oxidation sites excluding steroid dienone is 2. The average Bonchev–Trinajstić information content (AvgIpc) is 2.60. The fraction of sp³-hybridized carbons (Fsp3) is 0.400. The van der Waals surface area contributed by atoms with Crippen molar-refractivity contribution < 1.29 is 4.79 Å². The molecule has 9 heteroatoms. The normalized spacial score (nSPS) is 17.4. The zero-order chi connectivity index (χ0) is 17.2. The number of hydrogen-bond donors (Lipinski definition) is 2. The monoisotopic (exact) mass is 328 g/mol. The molecule has 3 N–H and O–H groups in total. The molecule has 1 aromatic heterocycles. The number of nitrogens with one attached hydrogen (secondary N) is 1. The molecule has 0 aromatic carbocycles. The molecule has 2 rings (SSSR count). The Labute approximate surface area is 139 Å². The molecule has 24 heavy (non-hydrogen) atoms. The molecule has 2 heterocycles. The molecule has 0 fully saturated rings. The van der Waals surface area contributed by atoms with Crippen LogP contribution in [0.2, 0.25) is 0 Å². The highest BCUT2D eigenvalue weighted by Gasteiger charge is 2.15. The van der Waals surface area contributed by atoms with Gasteiger partial charge in [0.1, 0.15) is 12.3 Å². The van der Waals surface area contributed by atoms with Crippen LogP contribution in [-0.2, 0) is 11.3 Å². The minimum absolute atomic E-state index is 0.0276. The summed E-state index contributed by atoms with van der Waals surface area (Å²) in [5.41, 5.74) is 5.79. The van der Waals surface area contributed by atoms with Crippen molar-refractivity contribution in [2.75, 3.05) is 6.54 Å². The van der Waals surface area contributed by atoms with E-state index >= 15 is 0 Å². The zero-order valence-electron chi connectivity index (χ0n) is 13.5. The summed E-state index contributed by atoms with van der Waals surface area (Å²) >= 11 is 0. The van der Waals surface area contributed by atoms with E-state index in [4.69, 9.17) is 5.73 Å². The molecule has 0 radical (unpaired) electrons. The number of nitrogens with zero attached hydrogens (tertiary/aromatic N) is 6. The first-order valence-corrected chi connectivity index (χ1v) is 7.68. The molecule has 0 unspecified atom stereocenters. The van der Waals surface area contributed by atoms with Gasteiger partial charge in [0.05, 0.1) is 12.6 Å². The third-order valence-electron chi connectivity index (χ3n) is 3.05. The highest BCUT2D eigenvalue weighted by atomic mass is 16.1. The van der Waals surface area contributed by atoms with E-state index in [2.05, 4.69) is 35.7 Å². The van der Waals surface area contributed by atoms with E-state index in [1.165, 1.54) is 6.20 Å². The maximum Gasteiger partial charge on any atom is 0.221 e. The van der Waals surface area contributed by atoms with Gasteiger partial charge in [-0.25, -0.2) is 0 Å². The fourth-order valence-corrected chi connectivity index (χ4v) is 1.92. The number of dihydropyridines is 1. The molecule has 1 amide bonds. The highest BCUT2D eigenvalue weighted by Crippen LogP contribution is 2.04. The van der Waals surface area contributed by atoms with Crippen LogP contribution in [0.1, 0.15) is 31.4 Å². The first-order valence-electron chi connectivity index (χ1n) is 7.68. The van der Waals surface area contributed by atoms with E-state index in [0.717, 1.165) is 6.42 Å². The molecule has 1 atom stereocenters. The van der Waals surface area contributed by atoms with Crippen LogP contribution < -0.4 is 11.1 Å². The minimum Gasteiger partial charge on any atom is -0.405 e. The largest absolute Gasteiger partial charge is 0.405 e. The van der Waals surface area contributed by atoms with E-state index < -0.39 is 0 Å². The third-order valence-corrected chi connectivity index (χ3v) is 3.05. The number of rotatable bonds is 7. The predicted molar refractivity (Wildman–Crippen MR) is 90.5 cm³/mol. The first-order chi connectivity index (χ1) is 11.7. The summed E-state index contributed by atoms with van der Waals surface area (Å²) in [6, 6.07) is -0.0991. The van der Waals surface area contributed by atoms with Gasteiger partial charge in [-0.3, -0.25) is 14.8 Å². The van der Waals surface area contributed by atoms with Gasteiger partial charge in [0.2, 0.25) is 11.7 Å². The van der Waals surface area contributed by atoms with Crippen molar-refractivity contribution >= 4 is 17.8 Å². The standard InChI is InChI=1S/C15H20N8O/c1-2-4-14(24)19-11-5-6-12(18-9-11)15-22-20-13(21-23-15)10-17-8-3-7-16/h3,5-8,11H,2,4,9-10,16H2,1H3,(H,19,24)/b7-3-,17-8-/t11-/m1/s1. The van der Waals surface area contributed by atoms with Gasteiger partial charge >= 0.3 is 0 Å². The molecule has 1 aliphatic rings. The highest BCUT2D eigenvalue weighted by molar-refractivity contribution is 6.06. The number of hydrogen-bond acceptors (Lipinski definition) is 8. The number of amides is 1. The summed E-state index contributed by atoms with van der Waals surface area (Å²) in [4.78, 5) is 20.0. The van der Waals surface area contributed by atoms with Crippen LogP contribution in [0, 0.1) is 0 Å². The second-order valence-electron chi connectivity index (χ2n) is 5.02. The smallest absolute Gasteiger partial charge is 0.221 e. The predicted octanol–water partition coefficient (Wildman–Crippen LogP) is -0.0464. The van der Waals surface area contributed by atoms with Crippen molar-refractivity contribution in [1.29, 1.82) is 0 Å². The number of nitrogens with two attached hydrogens (primary N) is 1. The lowest BCUT2D eigenvalue weighted by Crippen LogP contribution is -2.37. The van der Waals surface area contributed by atoms with Gasteiger partial charge in [-0.15, -0.1) is 20.4 Å². The van der Waals surface area contributed by atoms with Crippen LogP contribution >= 0.6 is 0 Å². The quantitative estimate of drug-likeness (QED) is 0.675. The molecule has 0 aliphatic carbocycles. The molecule has 0 bridgehead atoms. The van der Waals surface area contributed by atoms with Crippen LogP contribution in [0.4, 0.5) is 0 Å². The fourth-order valence-electron chi connectivity index (χ4n) is 1.92. The molecule has 0 saturated heterocycles. The Bertz CT molecular complexity index is 663. The van der Waals surface area contributed by atoms with Crippen molar-refractivity contribution in [2.24, 2.45) is 15.7 Å². The summed E-state index contributed by atoms with van der Waals surface area (Å²) in [7, 11) is 0. The SMILES string of the molecule is CCCC(=O)N[C@@H]1C=CC(c2nnc(C/N=C\C=C/N)nn2)=NC1. The molecule has 1 aliphatic heterocycles. The lowest BCUT2D eigenvalue weighted by Gasteiger charge is -2.16. The van der Waals surface area contributed by atoms with Crippen LogP contribution in [0.25, 0.3) is 0 Å². The van der Waals surface area contributed by atoms with Crippen LogP contribution in [0.5, 0.6) is 0 Å². The lowest BCUT2D eigenvalue weighted by molar-refractivity contribution is -0.121. The minimum atomic E-state index is -0.0991. The van der Waals surface area contributed by atoms with E-state index in [0.29, 0.717) is 30.3 Å². The Morgan fingerprint density at radius 1 is 1.42 bits per heavy atom. The van der Waals surface area contributed by atoms with Gasteiger partial charge < -0.3 is 11.1 Å². The second-order valence-corrected chi connectivity index (χ2v) is 5.02. The third kappa shape index (κ3) is 5.34. The van der Waals surface area contributed by atoms with Gasteiger partial charge in [0.25, 0.3) is 0 Å². The zero-order valence-corrected chi connectivity index (χ0v) is 13.5. The van der Waals surface area contributed by atoms with Gasteiger partial charge in [-0.05, 0) is 24.8 Å². The van der Waals surface area contributed by atoms with Gasteiger partial charge in [-0.1, -0.05) is 13.0 Å². The maximum absolute atomic E-state index is 11.6. The van der Waals surface area contributed by atoms with E-state index in [9.17, 15) is 4.79 Å².